The Labute approximate surface area is 149 Å². The number of amides is 2. The van der Waals surface area contributed by atoms with Crippen LogP contribution in [0, 0.1) is 6.92 Å². The van der Waals surface area contributed by atoms with Crippen LogP contribution >= 0.6 is 0 Å². The van der Waals surface area contributed by atoms with Crippen LogP contribution in [0.2, 0.25) is 0 Å². The monoisotopic (exact) mass is 338 g/mol. The van der Waals surface area contributed by atoms with Crippen molar-refractivity contribution in [2.45, 2.75) is 26.7 Å². The largest absolute Gasteiger partial charge is 0.354 e. The van der Waals surface area contributed by atoms with Crippen LogP contribution in [0.25, 0.3) is 0 Å². The highest BCUT2D eigenvalue weighted by molar-refractivity contribution is 5.78. The van der Waals surface area contributed by atoms with E-state index >= 15 is 0 Å². The molecule has 2 aromatic rings. The van der Waals surface area contributed by atoms with Gasteiger partial charge in [0.05, 0.1) is 6.42 Å². The molecular formula is C21H26N2O2. The fourth-order valence-corrected chi connectivity index (χ4v) is 2.74. The summed E-state index contributed by atoms with van der Waals surface area (Å²) in [5.74, 6) is 0.0148. The molecule has 0 spiro atoms. The first kappa shape index (κ1) is 18.7. The third-order valence-electron chi connectivity index (χ3n) is 4.11. The molecule has 4 nitrogen and oxygen atoms in total. The molecule has 0 aromatic heterocycles. The Morgan fingerprint density at radius 2 is 1.68 bits per heavy atom. The number of aryl methyl sites for hydroxylation is 1. The van der Waals surface area contributed by atoms with Crippen molar-refractivity contribution in [1.82, 2.24) is 10.2 Å². The van der Waals surface area contributed by atoms with Crippen LogP contribution in [-0.4, -0.2) is 36.3 Å². The van der Waals surface area contributed by atoms with E-state index in [1.165, 1.54) is 5.56 Å². The van der Waals surface area contributed by atoms with Gasteiger partial charge in [-0.15, -0.1) is 0 Å². The minimum Gasteiger partial charge on any atom is -0.354 e. The molecule has 2 amide bonds. The number of nitrogens with one attached hydrogen (secondary N) is 1. The first-order valence-corrected chi connectivity index (χ1v) is 8.66. The standard InChI is InChI=1S/C21H26N2O2/c1-17-7-6-10-20(15-17)16-21(25)22-12-14-23(18(2)24)13-11-19-8-4-3-5-9-19/h3-10,15H,11-14,16H2,1-2H3,(H,22,25). The molecule has 0 aliphatic heterocycles. The molecule has 2 aromatic carbocycles. The number of benzene rings is 2. The summed E-state index contributed by atoms with van der Waals surface area (Å²) in [5.41, 5.74) is 3.36. The van der Waals surface area contributed by atoms with E-state index in [1.807, 2.05) is 49.4 Å². The van der Waals surface area contributed by atoms with E-state index in [1.54, 1.807) is 11.8 Å². The van der Waals surface area contributed by atoms with Crippen molar-refractivity contribution >= 4 is 11.8 Å². The van der Waals surface area contributed by atoms with Gasteiger partial charge < -0.3 is 10.2 Å². The van der Waals surface area contributed by atoms with Gasteiger partial charge in [-0.05, 0) is 24.5 Å². The lowest BCUT2D eigenvalue weighted by molar-refractivity contribution is -0.129. The maximum Gasteiger partial charge on any atom is 0.224 e. The van der Waals surface area contributed by atoms with E-state index in [4.69, 9.17) is 0 Å². The van der Waals surface area contributed by atoms with Crippen LogP contribution in [0.1, 0.15) is 23.6 Å². The van der Waals surface area contributed by atoms with Gasteiger partial charge >= 0.3 is 0 Å². The van der Waals surface area contributed by atoms with E-state index in [9.17, 15) is 9.59 Å². The van der Waals surface area contributed by atoms with Gasteiger partial charge in [-0.25, -0.2) is 0 Å². The average molecular weight is 338 g/mol. The quantitative estimate of drug-likeness (QED) is 0.804. The molecular weight excluding hydrogens is 312 g/mol. The molecule has 0 aliphatic carbocycles. The Morgan fingerprint density at radius 3 is 2.36 bits per heavy atom. The van der Waals surface area contributed by atoms with Gasteiger partial charge in [0.2, 0.25) is 11.8 Å². The molecule has 4 heteroatoms. The zero-order valence-electron chi connectivity index (χ0n) is 15.0. The van der Waals surface area contributed by atoms with Gasteiger partial charge in [-0.3, -0.25) is 9.59 Å². The molecule has 0 aliphatic rings. The molecule has 132 valence electrons. The van der Waals surface area contributed by atoms with Crippen LogP contribution < -0.4 is 5.32 Å². The molecule has 0 heterocycles. The second kappa shape index (κ2) is 9.62. The number of rotatable bonds is 8. The lowest BCUT2D eigenvalue weighted by atomic mass is 10.1. The number of nitrogens with zero attached hydrogens (tertiary/aromatic N) is 1. The van der Waals surface area contributed by atoms with Crippen molar-refractivity contribution in [2.75, 3.05) is 19.6 Å². The summed E-state index contributed by atoms with van der Waals surface area (Å²) in [6, 6.07) is 18.0. The summed E-state index contributed by atoms with van der Waals surface area (Å²) in [5, 5.41) is 2.90. The number of carbonyl (C=O) groups excluding carboxylic acids is 2. The average Bonchev–Trinajstić information content (AvgIpc) is 2.58. The predicted molar refractivity (Wildman–Crippen MR) is 100 cm³/mol. The molecule has 0 saturated heterocycles. The molecule has 0 atom stereocenters. The van der Waals surface area contributed by atoms with Gasteiger partial charge in [0.1, 0.15) is 0 Å². The summed E-state index contributed by atoms with van der Waals surface area (Å²) >= 11 is 0. The fourth-order valence-electron chi connectivity index (χ4n) is 2.74. The van der Waals surface area contributed by atoms with E-state index in [2.05, 4.69) is 17.4 Å². The van der Waals surface area contributed by atoms with Crippen molar-refractivity contribution < 1.29 is 9.59 Å². The molecule has 0 radical (unpaired) electrons. The van der Waals surface area contributed by atoms with Crippen LogP contribution in [-0.2, 0) is 22.4 Å². The summed E-state index contributed by atoms with van der Waals surface area (Å²) < 4.78 is 0. The maximum atomic E-state index is 12.0. The van der Waals surface area contributed by atoms with Crippen LogP contribution in [0.4, 0.5) is 0 Å². The predicted octanol–water partition coefficient (Wildman–Crippen LogP) is 2.74. The fraction of sp³-hybridized carbons (Fsp3) is 0.333. The minimum absolute atomic E-state index is 0.0165. The van der Waals surface area contributed by atoms with Crippen molar-refractivity contribution in [2.24, 2.45) is 0 Å². The normalized spacial score (nSPS) is 10.3. The maximum absolute atomic E-state index is 12.0. The van der Waals surface area contributed by atoms with E-state index < -0.39 is 0 Å². The van der Waals surface area contributed by atoms with E-state index in [0.29, 0.717) is 26.1 Å². The highest BCUT2D eigenvalue weighted by Crippen LogP contribution is 2.05. The summed E-state index contributed by atoms with van der Waals surface area (Å²) in [6.07, 6.45) is 1.18. The van der Waals surface area contributed by atoms with Crippen molar-refractivity contribution in [3.63, 3.8) is 0 Å². The van der Waals surface area contributed by atoms with Crippen LogP contribution in [0.5, 0.6) is 0 Å². The highest BCUT2D eigenvalue weighted by atomic mass is 16.2. The van der Waals surface area contributed by atoms with E-state index in [-0.39, 0.29) is 11.8 Å². The smallest absolute Gasteiger partial charge is 0.224 e. The van der Waals surface area contributed by atoms with Crippen molar-refractivity contribution in [1.29, 1.82) is 0 Å². The molecule has 1 N–H and O–H groups in total. The van der Waals surface area contributed by atoms with Gasteiger partial charge in [-0.1, -0.05) is 60.2 Å². The second-order valence-electron chi connectivity index (χ2n) is 6.26. The van der Waals surface area contributed by atoms with Gasteiger partial charge in [0.15, 0.2) is 0 Å². The van der Waals surface area contributed by atoms with Crippen LogP contribution in [0.15, 0.2) is 54.6 Å². The lowest BCUT2D eigenvalue weighted by Crippen LogP contribution is -2.39. The van der Waals surface area contributed by atoms with E-state index in [0.717, 1.165) is 17.5 Å². The van der Waals surface area contributed by atoms with Gasteiger partial charge in [-0.2, -0.15) is 0 Å². The highest BCUT2D eigenvalue weighted by Gasteiger charge is 2.10. The Balaban J connectivity index is 1.75. The molecule has 0 bridgehead atoms. The first-order valence-electron chi connectivity index (χ1n) is 8.66. The first-order chi connectivity index (χ1) is 12.0. The SMILES string of the molecule is CC(=O)N(CCNC(=O)Cc1cccc(C)c1)CCc1ccccc1. The number of hydrogen-bond acceptors (Lipinski definition) is 2. The third kappa shape index (κ3) is 6.79. The van der Waals surface area contributed by atoms with Crippen molar-refractivity contribution in [3.8, 4) is 0 Å². The summed E-state index contributed by atoms with van der Waals surface area (Å²) in [7, 11) is 0. The number of hydrogen-bond donors (Lipinski definition) is 1. The Bertz CT molecular complexity index is 698. The Hall–Kier alpha value is -2.62. The zero-order chi connectivity index (χ0) is 18.1. The van der Waals surface area contributed by atoms with Crippen molar-refractivity contribution in [3.05, 3.63) is 71.3 Å². The topological polar surface area (TPSA) is 49.4 Å². The third-order valence-corrected chi connectivity index (χ3v) is 4.11. The minimum atomic E-state index is -0.0165. The van der Waals surface area contributed by atoms with Gasteiger partial charge in [0.25, 0.3) is 0 Å². The molecule has 25 heavy (non-hydrogen) atoms. The lowest BCUT2D eigenvalue weighted by Gasteiger charge is -2.21. The summed E-state index contributed by atoms with van der Waals surface area (Å²) in [4.78, 5) is 25.6. The van der Waals surface area contributed by atoms with Gasteiger partial charge in [0, 0.05) is 26.6 Å². The number of carbonyl (C=O) groups is 2. The Kier molecular flexibility index (Phi) is 7.20. The van der Waals surface area contributed by atoms with Crippen LogP contribution in [0.3, 0.4) is 0 Å². The molecule has 0 fully saturated rings. The molecule has 0 saturated carbocycles. The molecule has 2 rings (SSSR count). The second-order valence-corrected chi connectivity index (χ2v) is 6.26. The Morgan fingerprint density at radius 1 is 0.960 bits per heavy atom. The zero-order valence-corrected chi connectivity index (χ0v) is 15.0. The summed E-state index contributed by atoms with van der Waals surface area (Å²) in [6.45, 7) is 5.24. The molecule has 0 unspecified atom stereocenters.